The highest BCUT2D eigenvalue weighted by Gasteiger charge is 2.18. The van der Waals surface area contributed by atoms with E-state index >= 15 is 0 Å². The highest BCUT2D eigenvalue weighted by molar-refractivity contribution is 6.31. The van der Waals surface area contributed by atoms with Crippen molar-refractivity contribution in [2.75, 3.05) is 18.5 Å². The van der Waals surface area contributed by atoms with Gasteiger partial charge >= 0.3 is 0 Å². The second kappa shape index (κ2) is 9.82. The Morgan fingerprint density at radius 3 is 2.87 bits per heavy atom. The number of halogens is 2. The molecule has 160 valence electrons. The Morgan fingerprint density at radius 2 is 2.10 bits per heavy atom. The fraction of sp³-hybridized carbons (Fsp3) is 0.400. The van der Waals surface area contributed by atoms with Crippen LogP contribution in [0.3, 0.4) is 0 Å². The number of fused-ring (bicyclic) bond motifs is 1. The lowest BCUT2D eigenvalue weighted by atomic mass is 10.2. The molecule has 0 aliphatic carbocycles. The summed E-state index contributed by atoms with van der Waals surface area (Å²) in [6, 6.07) is 1.04. The van der Waals surface area contributed by atoms with Gasteiger partial charge in [0.05, 0.1) is 17.3 Å². The SMILES string of the molecule is CC(C)OCCCNC(=O)[C@H](C)Nc1nc(-c2c[nH]c3ncc(Cl)cc23)ncc1F. The molecule has 0 fully saturated rings. The van der Waals surface area contributed by atoms with Crippen molar-refractivity contribution in [1.29, 1.82) is 0 Å². The molecule has 0 saturated carbocycles. The first kappa shape index (κ1) is 21.9. The third-order valence-corrected chi connectivity index (χ3v) is 4.51. The topological polar surface area (TPSA) is 105 Å². The van der Waals surface area contributed by atoms with Gasteiger partial charge in [-0.25, -0.2) is 19.3 Å². The lowest BCUT2D eigenvalue weighted by molar-refractivity contribution is -0.121. The van der Waals surface area contributed by atoms with Crippen LogP contribution in [-0.4, -0.2) is 51.1 Å². The lowest BCUT2D eigenvalue weighted by Gasteiger charge is -2.15. The summed E-state index contributed by atoms with van der Waals surface area (Å²) in [5.74, 6) is -0.690. The van der Waals surface area contributed by atoms with Gasteiger partial charge < -0.3 is 20.4 Å². The summed E-state index contributed by atoms with van der Waals surface area (Å²) in [5.41, 5.74) is 1.25. The summed E-state index contributed by atoms with van der Waals surface area (Å²) < 4.78 is 19.7. The molecule has 1 atom stereocenters. The first-order chi connectivity index (χ1) is 14.3. The molecule has 3 aromatic heterocycles. The van der Waals surface area contributed by atoms with Crippen molar-refractivity contribution in [2.24, 2.45) is 0 Å². The second-order valence-corrected chi connectivity index (χ2v) is 7.51. The van der Waals surface area contributed by atoms with Crippen LogP contribution in [0.15, 0.2) is 24.7 Å². The van der Waals surface area contributed by atoms with Gasteiger partial charge in [0.15, 0.2) is 17.5 Å². The van der Waals surface area contributed by atoms with E-state index in [1.807, 2.05) is 13.8 Å². The number of nitrogens with zero attached hydrogens (tertiary/aromatic N) is 3. The average molecular weight is 435 g/mol. The van der Waals surface area contributed by atoms with Crippen LogP contribution in [0.25, 0.3) is 22.4 Å². The van der Waals surface area contributed by atoms with Gasteiger partial charge in [-0.2, -0.15) is 0 Å². The molecule has 0 spiro atoms. The number of ether oxygens (including phenoxy) is 1. The number of amides is 1. The van der Waals surface area contributed by atoms with Crippen LogP contribution in [0.1, 0.15) is 27.2 Å². The maximum absolute atomic E-state index is 14.3. The molecule has 3 aromatic rings. The molecule has 3 rings (SSSR count). The van der Waals surface area contributed by atoms with Gasteiger partial charge in [0, 0.05) is 36.5 Å². The molecule has 0 aliphatic rings. The fourth-order valence-corrected chi connectivity index (χ4v) is 2.95. The zero-order valence-corrected chi connectivity index (χ0v) is 17.8. The van der Waals surface area contributed by atoms with Crippen molar-refractivity contribution in [3.05, 3.63) is 35.5 Å². The van der Waals surface area contributed by atoms with Crippen LogP contribution in [0.5, 0.6) is 0 Å². The predicted molar refractivity (Wildman–Crippen MR) is 114 cm³/mol. The maximum atomic E-state index is 14.3. The van der Waals surface area contributed by atoms with Gasteiger partial charge in [0.2, 0.25) is 5.91 Å². The standard InChI is InChI=1S/C20H24ClFN6O2/c1-11(2)30-6-4-5-23-20(29)12(3)27-19-16(22)10-26-18(28-19)15-9-25-17-14(15)7-13(21)8-24-17/h7-12H,4-6H2,1-3H3,(H,23,29)(H,24,25)(H,26,27,28)/t12-/m0/s1. The minimum absolute atomic E-state index is 0.0601. The summed E-state index contributed by atoms with van der Waals surface area (Å²) in [6.45, 7) is 6.58. The number of rotatable bonds is 9. The van der Waals surface area contributed by atoms with E-state index in [1.165, 1.54) is 6.20 Å². The Kier molecular flexibility index (Phi) is 7.17. The largest absolute Gasteiger partial charge is 0.379 e. The Balaban J connectivity index is 1.68. The van der Waals surface area contributed by atoms with Gasteiger partial charge in [-0.15, -0.1) is 0 Å². The van der Waals surface area contributed by atoms with E-state index in [0.717, 1.165) is 11.6 Å². The molecule has 1 amide bonds. The van der Waals surface area contributed by atoms with Crippen molar-refractivity contribution in [2.45, 2.75) is 39.3 Å². The maximum Gasteiger partial charge on any atom is 0.242 e. The summed E-state index contributed by atoms with van der Waals surface area (Å²) >= 11 is 6.03. The highest BCUT2D eigenvalue weighted by Crippen LogP contribution is 2.28. The van der Waals surface area contributed by atoms with Crippen LogP contribution in [0.2, 0.25) is 5.02 Å². The Bertz CT molecular complexity index is 1030. The molecule has 0 bridgehead atoms. The molecule has 0 unspecified atom stereocenters. The van der Waals surface area contributed by atoms with Gasteiger partial charge in [0.25, 0.3) is 0 Å². The molecule has 0 saturated heterocycles. The average Bonchev–Trinajstić information content (AvgIpc) is 3.12. The van der Waals surface area contributed by atoms with Crippen LogP contribution < -0.4 is 10.6 Å². The molecule has 8 nitrogen and oxygen atoms in total. The number of aromatic amines is 1. The molecule has 30 heavy (non-hydrogen) atoms. The van der Waals surface area contributed by atoms with E-state index < -0.39 is 11.9 Å². The van der Waals surface area contributed by atoms with Gasteiger partial charge in [-0.1, -0.05) is 11.6 Å². The van der Waals surface area contributed by atoms with Crippen molar-refractivity contribution in [1.82, 2.24) is 25.3 Å². The van der Waals surface area contributed by atoms with Gasteiger partial charge in [-0.05, 0) is 33.3 Å². The third-order valence-electron chi connectivity index (χ3n) is 4.30. The van der Waals surface area contributed by atoms with E-state index in [9.17, 15) is 9.18 Å². The van der Waals surface area contributed by atoms with Gasteiger partial charge in [-0.3, -0.25) is 4.79 Å². The van der Waals surface area contributed by atoms with Crippen molar-refractivity contribution in [3.63, 3.8) is 0 Å². The molecular formula is C20H24ClFN6O2. The molecule has 10 heteroatoms. The number of H-pyrrole nitrogens is 1. The number of nitrogens with one attached hydrogen (secondary N) is 3. The van der Waals surface area contributed by atoms with E-state index in [1.54, 1.807) is 19.2 Å². The minimum Gasteiger partial charge on any atom is -0.379 e. The van der Waals surface area contributed by atoms with Crippen molar-refractivity contribution < 1.29 is 13.9 Å². The Hall–Kier alpha value is -2.78. The third kappa shape index (κ3) is 5.43. The smallest absolute Gasteiger partial charge is 0.242 e. The molecule has 3 N–H and O–H groups in total. The summed E-state index contributed by atoms with van der Waals surface area (Å²) in [4.78, 5) is 27.8. The number of pyridine rings is 1. The molecule has 3 heterocycles. The monoisotopic (exact) mass is 434 g/mol. The van der Waals surface area contributed by atoms with E-state index in [0.29, 0.717) is 35.8 Å². The number of carbonyl (C=O) groups excluding carboxylic acids is 1. The molecule has 0 aromatic carbocycles. The summed E-state index contributed by atoms with van der Waals surface area (Å²) in [7, 11) is 0. The lowest BCUT2D eigenvalue weighted by Crippen LogP contribution is -2.38. The number of aromatic nitrogens is 4. The predicted octanol–water partition coefficient (Wildman–Crippen LogP) is 3.54. The van der Waals surface area contributed by atoms with Gasteiger partial charge in [0.1, 0.15) is 11.7 Å². The minimum atomic E-state index is -0.688. The van der Waals surface area contributed by atoms with E-state index in [2.05, 4.69) is 30.6 Å². The van der Waals surface area contributed by atoms with E-state index in [4.69, 9.17) is 16.3 Å². The number of carbonyl (C=O) groups is 1. The quantitative estimate of drug-likeness (QED) is 0.445. The van der Waals surface area contributed by atoms with Crippen LogP contribution >= 0.6 is 11.6 Å². The zero-order valence-electron chi connectivity index (χ0n) is 17.0. The van der Waals surface area contributed by atoms with Crippen LogP contribution in [0.4, 0.5) is 10.2 Å². The fourth-order valence-electron chi connectivity index (χ4n) is 2.79. The molecule has 0 radical (unpaired) electrons. The van der Waals surface area contributed by atoms with Crippen LogP contribution in [0, 0.1) is 5.82 Å². The number of hydrogen-bond acceptors (Lipinski definition) is 6. The zero-order chi connectivity index (χ0) is 21.7. The first-order valence-corrected chi connectivity index (χ1v) is 10.0. The molecular weight excluding hydrogens is 411 g/mol. The second-order valence-electron chi connectivity index (χ2n) is 7.07. The molecule has 0 aliphatic heterocycles. The first-order valence-electron chi connectivity index (χ1n) is 9.66. The summed E-state index contributed by atoms with van der Waals surface area (Å²) in [5, 5.41) is 6.79. The Labute approximate surface area is 178 Å². The van der Waals surface area contributed by atoms with Crippen molar-refractivity contribution in [3.8, 4) is 11.4 Å². The van der Waals surface area contributed by atoms with E-state index in [-0.39, 0.29) is 23.7 Å². The normalized spacial score (nSPS) is 12.3. The van der Waals surface area contributed by atoms with Crippen molar-refractivity contribution >= 4 is 34.4 Å². The summed E-state index contributed by atoms with van der Waals surface area (Å²) in [6.07, 6.45) is 5.12. The number of hydrogen-bond donors (Lipinski definition) is 3. The van der Waals surface area contributed by atoms with Crippen LogP contribution in [-0.2, 0) is 9.53 Å². The number of anilines is 1. The Morgan fingerprint density at radius 1 is 1.30 bits per heavy atom. The highest BCUT2D eigenvalue weighted by atomic mass is 35.5.